The van der Waals surface area contributed by atoms with Crippen LogP contribution in [0.4, 0.5) is 5.82 Å². The Morgan fingerprint density at radius 2 is 2.05 bits per heavy atom. The number of esters is 1. The van der Waals surface area contributed by atoms with Gasteiger partial charge in [0.15, 0.2) is 29.9 Å². The molecule has 200 valence electrons. The molecule has 0 bridgehead atoms. The Morgan fingerprint density at radius 3 is 2.73 bits per heavy atom. The third kappa shape index (κ3) is 3.94. The predicted molar refractivity (Wildman–Crippen MR) is 120 cm³/mol. The highest BCUT2D eigenvalue weighted by molar-refractivity contribution is 5.88. The van der Waals surface area contributed by atoms with E-state index >= 15 is 0 Å². The van der Waals surface area contributed by atoms with Crippen molar-refractivity contribution in [1.29, 1.82) is 0 Å². The lowest BCUT2D eigenvalue weighted by molar-refractivity contribution is -0.397. The highest BCUT2D eigenvalue weighted by atomic mass is 16.7. The van der Waals surface area contributed by atoms with Gasteiger partial charge in [-0.15, -0.1) is 0 Å². The summed E-state index contributed by atoms with van der Waals surface area (Å²) in [5.41, 5.74) is 6.81. The first-order valence-electron chi connectivity index (χ1n) is 11.5. The van der Waals surface area contributed by atoms with Gasteiger partial charge < -0.3 is 44.7 Å². The Morgan fingerprint density at radius 1 is 1.30 bits per heavy atom. The number of methoxy groups -OCH3 is 1. The fourth-order valence-electron chi connectivity index (χ4n) is 4.99. The first-order chi connectivity index (χ1) is 17.6. The van der Waals surface area contributed by atoms with E-state index < -0.39 is 66.7 Å². The number of nitrogens with two attached hydrogens (primary N) is 1. The first-order valence-corrected chi connectivity index (χ1v) is 11.5. The standard InChI is InChI=1S/C22H27N5O10/c1-4-8(2)21(31)36-16-12(28)14(20(29)30)35-10-5-9-13(37-22(10,16)32)15(33-3)19(34-9)27-7-26-11-17(23)24-6-25-18(11)27/h4,6-7,9-10,12-16,19,28,32H,5H2,1-3H3,(H,29,30)(H2,23,24,25)/b8-4+/t9-,10-,12-,13+,14+,15-,16+,19?,22-/m1/s1. The second-order valence-corrected chi connectivity index (χ2v) is 9.09. The number of imidazole rings is 1. The van der Waals surface area contributed by atoms with Gasteiger partial charge in [-0.3, -0.25) is 4.57 Å². The van der Waals surface area contributed by atoms with Crippen molar-refractivity contribution < 1.29 is 48.6 Å². The van der Waals surface area contributed by atoms with E-state index in [-0.39, 0.29) is 17.8 Å². The van der Waals surface area contributed by atoms with E-state index in [1.807, 2.05) is 0 Å². The zero-order valence-electron chi connectivity index (χ0n) is 20.1. The number of allylic oxidation sites excluding steroid dienone is 1. The van der Waals surface area contributed by atoms with E-state index in [1.165, 1.54) is 32.8 Å². The van der Waals surface area contributed by atoms with Crippen LogP contribution in [0.1, 0.15) is 26.5 Å². The maximum atomic E-state index is 12.6. The number of nitrogens with zero attached hydrogens (tertiary/aromatic N) is 4. The van der Waals surface area contributed by atoms with Crippen molar-refractivity contribution in [3.05, 3.63) is 24.3 Å². The third-order valence-corrected chi connectivity index (χ3v) is 7.02. The van der Waals surface area contributed by atoms with Crippen molar-refractivity contribution in [3.63, 3.8) is 0 Å². The number of aliphatic hydroxyl groups excluding tert-OH is 1. The molecule has 2 aromatic rings. The molecule has 0 saturated carbocycles. The van der Waals surface area contributed by atoms with Crippen molar-refractivity contribution in [2.45, 2.75) is 75.0 Å². The average molecular weight is 521 g/mol. The monoisotopic (exact) mass is 521 g/mol. The Kier molecular flexibility index (Phi) is 6.37. The quantitative estimate of drug-likeness (QED) is 0.271. The van der Waals surface area contributed by atoms with Crippen LogP contribution in [-0.2, 0) is 33.3 Å². The number of anilines is 1. The fourth-order valence-corrected chi connectivity index (χ4v) is 4.99. The minimum atomic E-state index is -2.41. The van der Waals surface area contributed by atoms with E-state index in [0.29, 0.717) is 11.2 Å². The SMILES string of the molecule is C/C=C(\C)C(=O)O[C@H]1[C@H](O)[C@@H](C(=O)O)O[C@@H]2C[C@H]3OC(n4cnc5c(N)ncnc54)[C@H](OC)[C@H]3O[C@]21O. The fraction of sp³-hybridized carbons (Fsp3) is 0.591. The first kappa shape index (κ1) is 25.4. The molecule has 2 aromatic heterocycles. The smallest absolute Gasteiger partial charge is 0.335 e. The highest BCUT2D eigenvalue weighted by Gasteiger charge is 2.67. The summed E-state index contributed by atoms with van der Waals surface area (Å²) >= 11 is 0. The molecule has 3 fully saturated rings. The zero-order valence-corrected chi connectivity index (χ0v) is 20.1. The molecule has 0 amide bonds. The van der Waals surface area contributed by atoms with Crippen LogP contribution in [0, 0.1) is 0 Å². The molecule has 15 nitrogen and oxygen atoms in total. The van der Waals surface area contributed by atoms with Crippen molar-refractivity contribution in [2.75, 3.05) is 12.8 Å². The van der Waals surface area contributed by atoms with E-state index in [1.54, 1.807) is 11.5 Å². The van der Waals surface area contributed by atoms with Gasteiger partial charge in [0.05, 0.1) is 12.4 Å². The molecule has 5 heterocycles. The lowest BCUT2D eigenvalue weighted by Gasteiger charge is -2.52. The highest BCUT2D eigenvalue weighted by Crippen LogP contribution is 2.47. The van der Waals surface area contributed by atoms with Gasteiger partial charge in [-0.25, -0.2) is 24.5 Å². The number of fused-ring (bicyclic) bond motifs is 3. The van der Waals surface area contributed by atoms with Crippen molar-refractivity contribution in [2.24, 2.45) is 0 Å². The largest absolute Gasteiger partial charge is 0.479 e. The van der Waals surface area contributed by atoms with Crippen LogP contribution in [0.2, 0.25) is 0 Å². The predicted octanol–water partition coefficient (Wildman–Crippen LogP) is -1.11. The number of carboxylic acid groups (broad SMARTS) is 1. The summed E-state index contributed by atoms with van der Waals surface area (Å²) in [6.45, 7) is 3.08. The molecule has 5 rings (SSSR count). The number of aromatic nitrogens is 4. The molecule has 0 aliphatic carbocycles. The molecule has 0 spiro atoms. The maximum absolute atomic E-state index is 12.6. The van der Waals surface area contributed by atoms with E-state index in [9.17, 15) is 24.9 Å². The van der Waals surface area contributed by atoms with Gasteiger partial charge in [0, 0.05) is 19.1 Å². The normalized spacial score (nSPS) is 37.7. The van der Waals surface area contributed by atoms with Gasteiger partial charge in [0.1, 0.15) is 36.3 Å². The number of hydrogen-bond donors (Lipinski definition) is 4. The summed E-state index contributed by atoms with van der Waals surface area (Å²) < 4.78 is 30.4. The van der Waals surface area contributed by atoms with Gasteiger partial charge >= 0.3 is 11.9 Å². The molecule has 15 heteroatoms. The second-order valence-electron chi connectivity index (χ2n) is 9.09. The number of hydrogen-bond acceptors (Lipinski definition) is 13. The van der Waals surface area contributed by atoms with Gasteiger partial charge in [-0.05, 0) is 13.8 Å². The van der Waals surface area contributed by atoms with Gasteiger partial charge in [0.2, 0.25) is 5.79 Å². The Balaban J connectivity index is 1.50. The molecule has 1 unspecified atom stereocenters. The van der Waals surface area contributed by atoms with Gasteiger partial charge in [-0.2, -0.15) is 0 Å². The molecule has 5 N–H and O–H groups in total. The maximum Gasteiger partial charge on any atom is 0.335 e. The Hall–Kier alpha value is -3.21. The molecule has 37 heavy (non-hydrogen) atoms. The molecular weight excluding hydrogens is 494 g/mol. The lowest BCUT2D eigenvalue weighted by Crippen LogP contribution is -2.73. The number of carbonyl (C=O) groups is 2. The van der Waals surface area contributed by atoms with Crippen LogP contribution in [0.15, 0.2) is 24.3 Å². The number of carboxylic acids is 1. The topological polar surface area (TPSA) is 211 Å². The number of ether oxygens (including phenoxy) is 5. The van der Waals surface area contributed by atoms with Crippen LogP contribution in [0.3, 0.4) is 0 Å². The molecule has 3 aliphatic rings. The van der Waals surface area contributed by atoms with E-state index in [2.05, 4.69) is 15.0 Å². The number of nitrogen functional groups attached to an aromatic ring is 1. The van der Waals surface area contributed by atoms with Gasteiger partial charge in [0.25, 0.3) is 0 Å². The Bertz CT molecular complexity index is 1250. The summed E-state index contributed by atoms with van der Waals surface area (Å²) in [6, 6.07) is 0. The third-order valence-electron chi connectivity index (χ3n) is 7.02. The van der Waals surface area contributed by atoms with Crippen molar-refractivity contribution >= 4 is 28.9 Å². The number of aliphatic hydroxyl groups is 2. The molecular formula is C22H27N5O10. The van der Waals surface area contributed by atoms with Crippen LogP contribution < -0.4 is 5.73 Å². The number of aliphatic carboxylic acids is 1. The Labute approximate surface area is 209 Å². The lowest BCUT2D eigenvalue weighted by atomic mass is 9.84. The zero-order chi connectivity index (χ0) is 26.6. The minimum Gasteiger partial charge on any atom is -0.479 e. The van der Waals surface area contributed by atoms with Gasteiger partial charge in [-0.1, -0.05) is 6.08 Å². The van der Waals surface area contributed by atoms with E-state index in [4.69, 9.17) is 29.4 Å². The van der Waals surface area contributed by atoms with Crippen molar-refractivity contribution in [3.8, 4) is 0 Å². The summed E-state index contributed by atoms with van der Waals surface area (Å²) in [7, 11) is 1.42. The van der Waals surface area contributed by atoms with Crippen LogP contribution in [0.5, 0.6) is 0 Å². The number of carbonyl (C=O) groups excluding carboxylic acids is 1. The van der Waals surface area contributed by atoms with Crippen LogP contribution in [0.25, 0.3) is 11.2 Å². The van der Waals surface area contributed by atoms with Crippen LogP contribution in [-0.4, -0.2) is 102 Å². The summed E-state index contributed by atoms with van der Waals surface area (Å²) in [6.07, 6.45) is -6.02. The molecule has 0 aromatic carbocycles. The number of rotatable bonds is 5. The molecule has 3 aliphatic heterocycles. The second kappa shape index (κ2) is 9.27. The minimum absolute atomic E-state index is 0.0611. The summed E-state index contributed by atoms with van der Waals surface area (Å²) in [5.74, 6) is -4.59. The molecule has 3 saturated heterocycles. The van der Waals surface area contributed by atoms with Crippen LogP contribution >= 0.6 is 0 Å². The van der Waals surface area contributed by atoms with Crippen molar-refractivity contribution in [1.82, 2.24) is 19.5 Å². The summed E-state index contributed by atoms with van der Waals surface area (Å²) in [4.78, 5) is 36.8. The average Bonchev–Trinajstić information content (AvgIpc) is 3.45. The molecule has 0 radical (unpaired) electrons. The summed E-state index contributed by atoms with van der Waals surface area (Å²) in [5, 5.41) is 32.0. The molecule has 9 atom stereocenters. The van der Waals surface area contributed by atoms with E-state index in [0.717, 1.165) is 0 Å².